The van der Waals surface area contributed by atoms with Gasteiger partial charge in [-0.15, -0.1) is 0 Å². The summed E-state index contributed by atoms with van der Waals surface area (Å²) in [4.78, 5) is 30.9. The van der Waals surface area contributed by atoms with E-state index in [2.05, 4.69) is 4.90 Å². The van der Waals surface area contributed by atoms with E-state index in [1.165, 1.54) is 0 Å². The molecule has 0 bridgehead atoms. The van der Waals surface area contributed by atoms with Crippen LogP contribution in [0.1, 0.15) is 19.1 Å². The van der Waals surface area contributed by atoms with E-state index in [0.717, 1.165) is 18.8 Å². The molecule has 2 saturated heterocycles. The van der Waals surface area contributed by atoms with Gasteiger partial charge in [0.25, 0.3) is 0 Å². The molecule has 2 aliphatic rings. The smallest absolute Gasteiger partial charge is 0.239 e. The number of rotatable bonds is 5. The molecule has 0 radical (unpaired) electrons. The summed E-state index contributed by atoms with van der Waals surface area (Å²) in [5, 5.41) is 0. The van der Waals surface area contributed by atoms with Crippen LogP contribution in [0.15, 0.2) is 22.8 Å². The van der Waals surface area contributed by atoms with Crippen LogP contribution in [0.5, 0.6) is 0 Å². The van der Waals surface area contributed by atoms with Crippen molar-refractivity contribution in [1.82, 2.24) is 14.7 Å². The second-order valence-corrected chi connectivity index (χ2v) is 6.61. The molecule has 2 amide bonds. The zero-order chi connectivity index (χ0) is 17.6. The van der Waals surface area contributed by atoms with Crippen LogP contribution in [0.2, 0.25) is 0 Å². The molecule has 1 atom stereocenters. The van der Waals surface area contributed by atoms with Gasteiger partial charge in [-0.1, -0.05) is 0 Å². The second kappa shape index (κ2) is 8.49. The fraction of sp³-hybridized carbons (Fsp3) is 0.667. The first kappa shape index (κ1) is 17.9. The Morgan fingerprint density at radius 2 is 1.80 bits per heavy atom. The first-order chi connectivity index (χ1) is 12.1. The van der Waals surface area contributed by atoms with Crippen LogP contribution in [0.3, 0.4) is 0 Å². The van der Waals surface area contributed by atoms with E-state index in [-0.39, 0.29) is 17.9 Å². The number of hydrogen-bond acceptors (Lipinski definition) is 5. The summed E-state index contributed by atoms with van der Waals surface area (Å²) in [5.74, 6) is 1.17. The van der Waals surface area contributed by atoms with Crippen molar-refractivity contribution in [2.24, 2.45) is 0 Å². The molecule has 0 aliphatic carbocycles. The van der Waals surface area contributed by atoms with Gasteiger partial charge in [0.1, 0.15) is 5.76 Å². The predicted molar refractivity (Wildman–Crippen MR) is 92.0 cm³/mol. The SMILES string of the molecule is C[C@H](C(=O)N1CCOCC1)N1CCN(C(=O)CCc2ccco2)CC1. The Hall–Kier alpha value is -1.86. The number of nitrogens with zero attached hydrogens (tertiary/aromatic N) is 3. The zero-order valence-electron chi connectivity index (χ0n) is 14.9. The Balaban J connectivity index is 1.42. The summed E-state index contributed by atoms with van der Waals surface area (Å²) in [5.41, 5.74) is 0. The lowest BCUT2D eigenvalue weighted by atomic mass is 10.1. The molecule has 1 aromatic heterocycles. The van der Waals surface area contributed by atoms with Crippen molar-refractivity contribution in [1.29, 1.82) is 0 Å². The highest BCUT2D eigenvalue weighted by Crippen LogP contribution is 2.12. The molecule has 138 valence electrons. The number of furan rings is 1. The number of amides is 2. The summed E-state index contributed by atoms with van der Waals surface area (Å²) in [6, 6.07) is 3.59. The molecule has 25 heavy (non-hydrogen) atoms. The average molecular weight is 349 g/mol. The maximum atomic E-state index is 12.6. The summed E-state index contributed by atoms with van der Waals surface area (Å²) >= 11 is 0. The third kappa shape index (κ3) is 4.61. The molecule has 0 unspecified atom stereocenters. The summed E-state index contributed by atoms with van der Waals surface area (Å²) < 4.78 is 10.6. The van der Waals surface area contributed by atoms with Gasteiger partial charge in [-0.25, -0.2) is 0 Å². The van der Waals surface area contributed by atoms with Crippen LogP contribution < -0.4 is 0 Å². The van der Waals surface area contributed by atoms with Gasteiger partial charge in [0, 0.05) is 52.1 Å². The molecule has 2 fully saturated rings. The highest BCUT2D eigenvalue weighted by atomic mass is 16.5. The summed E-state index contributed by atoms with van der Waals surface area (Å²) in [6.45, 7) is 7.39. The molecule has 7 nitrogen and oxygen atoms in total. The Labute approximate surface area is 148 Å². The molecule has 2 aliphatic heterocycles. The summed E-state index contributed by atoms with van der Waals surface area (Å²) in [7, 11) is 0. The maximum Gasteiger partial charge on any atom is 0.239 e. The van der Waals surface area contributed by atoms with E-state index in [0.29, 0.717) is 52.2 Å². The van der Waals surface area contributed by atoms with E-state index in [1.807, 2.05) is 28.9 Å². The van der Waals surface area contributed by atoms with Crippen molar-refractivity contribution in [3.05, 3.63) is 24.2 Å². The fourth-order valence-electron chi connectivity index (χ4n) is 3.41. The lowest BCUT2D eigenvalue weighted by Gasteiger charge is -2.39. The first-order valence-corrected chi connectivity index (χ1v) is 9.06. The van der Waals surface area contributed by atoms with Gasteiger partial charge < -0.3 is 19.0 Å². The number of hydrogen-bond donors (Lipinski definition) is 0. The van der Waals surface area contributed by atoms with Gasteiger partial charge in [0.15, 0.2) is 0 Å². The normalized spacial score (nSPS) is 20.5. The minimum atomic E-state index is -0.140. The minimum Gasteiger partial charge on any atom is -0.469 e. The van der Waals surface area contributed by atoms with E-state index in [1.54, 1.807) is 6.26 Å². The van der Waals surface area contributed by atoms with Crippen molar-refractivity contribution in [2.45, 2.75) is 25.8 Å². The number of carbonyl (C=O) groups is 2. The van der Waals surface area contributed by atoms with Crippen LogP contribution in [-0.2, 0) is 20.7 Å². The lowest BCUT2D eigenvalue weighted by molar-refractivity contribution is -0.142. The van der Waals surface area contributed by atoms with Gasteiger partial charge in [0.2, 0.25) is 11.8 Å². The molecule has 1 aromatic rings. The largest absolute Gasteiger partial charge is 0.469 e. The minimum absolute atomic E-state index is 0.140. The topological polar surface area (TPSA) is 66.2 Å². The van der Waals surface area contributed by atoms with E-state index >= 15 is 0 Å². The number of ether oxygens (including phenoxy) is 1. The van der Waals surface area contributed by atoms with Gasteiger partial charge in [0.05, 0.1) is 25.5 Å². The average Bonchev–Trinajstić information content (AvgIpc) is 3.19. The van der Waals surface area contributed by atoms with Crippen LogP contribution in [0.25, 0.3) is 0 Å². The number of piperazine rings is 1. The Bertz CT molecular complexity index is 561. The predicted octanol–water partition coefficient (Wildman–Crippen LogP) is 0.604. The molecule has 0 aromatic carbocycles. The van der Waals surface area contributed by atoms with E-state index in [9.17, 15) is 9.59 Å². The van der Waals surface area contributed by atoms with Gasteiger partial charge in [-0.05, 0) is 19.1 Å². The van der Waals surface area contributed by atoms with Crippen molar-refractivity contribution in [3.63, 3.8) is 0 Å². The standard InChI is InChI=1S/C18H27N3O4/c1-15(18(23)21-10-13-24-14-11-21)19-6-8-20(9-7-19)17(22)5-4-16-3-2-12-25-16/h2-3,12,15H,4-11,13-14H2,1H3/t15-/m1/s1. The molecule has 3 rings (SSSR count). The van der Waals surface area contributed by atoms with Crippen molar-refractivity contribution in [2.75, 3.05) is 52.5 Å². The van der Waals surface area contributed by atoms with E-state index in [4.69, 9.17) is 9.15 Å². The number of carbonyl (C=O) groups excluding carboxylic acids is 2. The molecule has 7 heteroatoms. The van der Waals surface area contributed by atoms with Gasteiger partial charge in [-0.2, -0.15) is 0 Å². The van der Waals surface area contributed by atoms with Gasteiger partial charge >= 0.3 is 0 Å². The van der Waals surface area contributed by atoms with Crippen molar-refractivity contribution >= 4 is 11.8 Å². The van der Waals surface area contributed by atoms with Gasteiger partial charge in [-0.3, -0.25) is 14.5 Å². The molecular weight excluding hydrogens is 322 g/mol. The maximum absolute atomic E-state index is 12.6. The van der Waals surface area contributed by atoms with Crippen LogP contribution in [0.4, 0.5) is 0 Å². The monoisotopic (exact) mass is 349 g/mol. The Morgan fingerprint density at radius 1 is 1.08 bits per heavy atom. The third-order valence-electron chi connectivity index (χ3n) is 5.06. The van der Waals surface area contributed by atoms with Crippen molar-refractivity contribution < 1.29 is 18.7 Å². The molecule has 0 spiro atoms. The lowest BCUT2D eigenvalue weighted by Crippen LogP contribution is -2.56. The highest BCUT2D eigenvalue weighted by molar-refractivity contribution is 5.81. The first-order valence-electron chi connectivity index (χ1n) is 9.06. The number of morpholine rings is 1. The zero-order valence-corrected chi connectivity index (χ0v) is 14.9. The Kier molecular flexibility index (Phi) is 6.09. The molecule has 3 heterocycles. The highest BCUT2D eigenvalue weighted by Gasteiger charge is 2.30. The molecule has 0 N–H and O–H groups in total. The number of aryl methyl sites for hydroxylation is 1. The quantitative estimate of drug-likeness (QED) is 0.779. The van der Waals surface area contributed by atoms with E-state index < -0.39 is 0 Å². The fourth-order valence-corrected chi connectivity index (χ4v) is 3.41. The van der Waals surface area contributed by atoms with Crippen molar-refractivity contribution in [3.8, 4) is 0 Å². The molecular formula is C18H27N3O4. The second-order valence-electron chi connectivity index (χ2n) is 6.61. The van der Waals surface area contributed by atoms with Crippen LogP contribution in [0, 0.1) is 0 Å². The van der Waals surface area contributed by atoms with Crippen LogP contribution in [-0.4, -0.2) is 85.0 Å². The summed E-state index contributed by atoms with van der Waals surface area (Å²) in [6.07, 6.45) is 2.74. The molecule has 0 saturated carbocycles. The van der Waals surface area contributed by atoms with Crippen LogP contribution >= 0.6 is 0 Å². The third-order valence-corrected chi connectivity index (χ3v) is 5.06. The Morgan fingerprint density at radius 3 is 2.44 bits per heavy atom.